The van der Waals surface area contributed by atoms with Gasteiger partial charge in [-0.1, -0.05) is 12.1 Å². The van der Waals surface area contributed by atoms with E-state index < -0.39 is 23.8 Å². The molecule has 0 amide bonds. The number of halogens is 6. The van der Waals surface area contributed by atoms with E-state index in [1.165, 1.54) is 30.3 Å². The van der Waals surface area contributed by atoms with Crippen LogP contribution < -0.4 is 10.5 Å². The molecule has 0 aromatic heterocycles. The Morgan fingerprint density at radius 2 is 1.35 bits per heavy atom. The molecule has 124 valence electrons. The maximum absolute atomic E-state index is 12.7. The maximum atomic E-state index is 12.7. The van der Waals surface area contributed by atoms with Crippen molar-refractivity contribution in [1.82, 2.24) is 0 Å². The van der Waals surface area contributed by atoms with Crippen molar-refractivity contribution in [2.75, 3.05) is 5.73 Å². The molecule has 0 aliphatic rings. The third-order valence-electron chi connectivity index (χ3n) is 2.96. The molecule has 0 atom stereocenters. The second-order valence-electron chi connectivity index (χ2n) is 4.76. The fourth-order valence-corrected chi connectivity index (χ4v) is 1.99. The predicted molar refractivity (Wildman–Crippen MR) is 72.2 cm³/mol. The number of alkyl halides is 6. The molecule has 0 spiro atoms. The number of rotatable bonds is 3. The molecule has 8 heteroatoms. The van der Waals surface area contributed by atoms with Gasteiger partial charge in [0.1, 0.15) is 11.5 Å². The Bertz CT molecular complexity index is 649. The van der Waals surface area contributed by atoms with Gasteiger partial charge in [-0.05, 0) is 42.0 Å². The Hall–Kier alpha value is -2.38. The minimum atomic E-state index is -5.45. The van der Waals surface area contributed by atoms with Crippen LogP contribution in [0.4, 0.5) is 32.0 Å². The average Bonchev–Trinajstić information content (AvgIpc) is 2.38. The first-order valence-corrected chi connectivity index (χ1v) is 6.34. The van der Waals surface area contributed by atoms with Crippen LogP contribution in [0.5, 0.6) is 11.5 Å². The summed E-state index contributed by atoms with van der Waals surface area (Å²) < 4.78 is 81.6. The van der Waals surface area contributed by atoms with Crippen molar-refractivity contribution in [3.63, 3.8) is 0 Å². The molecule has 2 aromatic rings. The summed E-state index contributed by atoms with van der Waals surface area (Å²) in [7, 11) is 0. The van der Waals surface area contributed by atoms with Gasteiger partial charge in [-0.3, -0.25) is 0 Å². The van der Waals surface area contributed by atoms with Gasteiger partial charge in [-0.2, -0.15) is 26.3 Å². The first-order valence-electron chi connectivity index (χ1n) is 6.34. The topological polar surface area (TPSA) is 35.2 Å². The molecule has 0 unspecified atom stereocenters. The molecule has 0 aliphatic carbocycles. The zero-order valence-corrected chi connectivity index (χ0v) is 11.4. The number of hydrogen-bond acceptors (Lipinski definition) is 2. The summed E-state index contributed by atoms with van der Waals surface area (Å²) in [5, 5.41) is 0. The van der Waals surface area contributed by atoms with Crippen LogP contribution in [-0.4, -0.2) is 12.4 Å². The summed E-state index contributed by atoms with van der Waals surface area (Å²) in [4.78, 5) is 0. The number of nitrogens with two attached hydrogens (primary N) is 1. The molecule has 0 saturated heterocycles. The Morgan fingerprint density at radius 1 is 0.783 bits per heavy atom. The lowest BCUT2D eigenvalue weighted by Crippen LogP contribution is -2.34. The van der Waals surface area contributed by atoms with Crippen LogP contribution in [0.3, 0.4) is 0 Å². The Morgan fingerprint density at radius 3 is 1.87 bits per heavy atom. The molecule has 0 bridgehead atoms. The molecule has 0 heterocycles. The number of anilines is 1. The molecule has 2 nitrogen and oxygen atoms in total. The van der Waals surface area contributed by atoms with Gasteiger partial charge in [0.05, 0.1) is 0 Å². The van der Waals surface area contributed by atoms with E-state index in [0.29, 0.717) is 5.69 Å². The highest BCUT2D eigenvalue weighted by atomic mass is 19.4. The summed E-state index contributed by atoms with van der Waals surface area (Å²) in [6.07, 6.45) is -10.9. The Labute approximate surface area is 127 Å². The van der Waals surface area contributed by atoms with Crippen molar-refractivity contribution in [3.05, 3.63) is 54.1 Å². The SMILES string of the molecule is Nc1ccc(Oc2cccc(C(C(F)(F)F)C(F)(F)F)c2)cc1. The van der Waals surface area contributed by atoms with Crippen LogP contribution >= 0.6 is 0 Å². The third kappa shape index (κ3) is 4.30. The van der Waals surface area contributed by atoms with E-state index in [1.807, 2.05) is 0 Å². The Kier molecular flexibility index (Phi) is 4.44. The van der Waals surface area contributed by atoms with Crippen LogP contribution in [0, 0.1) is 0 Å². The molecular formula is C15H11F6NO. The van der Waals surface area contributed by atoms with E-state index in [-0.39, 0.29) is 11.5 Å². The van der Waals surface area contributed by atoms with Gasteiger partial charge in [-0.25, -0.2) is 0 Å². The van der Waals surface area contributed by atoms with Gasteiger partial charge < -0.3 is 10.5 Å². The number of ether oxygens (including phenoxy) is 1. The molecule has 0 aliphatic heterocycles. The first kappa shape index (κ1) is 17.0. The van der Waals surface area contributed by atoms with Crippen LogP contribution in [0.25, 0.3) is 0 Å². The molecule has 2 rings (SSSR count). The quantitative estimate of drug-likeness (QED) is 0.613. The summed E-state index contributed by atoms with van der Waals surface area (Å²) in [5.41, 5.74) is 4.99. The predicted octanol–water partition coefficient (Wildman–Crippen LogP) is 5.27. The van der Waals surface area contributed by atoms with Gasteiger partial charge in [-0.15, -0.1) is 0 Å². The molecule has 0 radical (unpaired) electrons. The maximum Gasteiger partial charge on any atom is 0.404 e. The minimum absolute atomic E-state index is 0.134. The smallest absolute Gasteiger partial charge is 0.404 e. The Balaban J connectivity index is 2.33. The number of hydrogen-bond donors (Lipinski definition) is 1. The minimum Gasteiger partial charge on any atom is -0.457 e. The van der Waals surface area contributed by atoms with E-state index in [2.05, 4.69) is 0 Å². The van der Waals surface area contributed by atoms with Crippen molar-refractivity contribution in [1.29, 1.82) is 0 Å². The van der Waals surface area contributed by atoms with Crippen molar-refractivity contribution in [2.24, 2.45) is 0 Å². The fourth-order valence-electron chi connectivity index (χ4n) is 1.99. The second-order valence-corrected chi connectivity index (χ2v) is 4.76. The van der Waals surface area contributed by atoms with Gasteiger partial charge in [0, 0.05) is 5.69 Å². The molecular weight excluding hydrogens is 324 g/mol. The largest absolute Gasteiger partial charge is 0.457 e. The van der Waals surface area contributed by atoms with E-state index in [9.17, 15) is 26.3 Å². The highest BCUT2D eigenvalue weighted by Crippen LogP contribution is 2.46. The molecule has 23 heavy (non-hydrogen) atoms. The first-order chi connectivity index (χ1) is 10.6. The lowest BCUT2D eigenvalue weighted by Gasteiger charge is -2.23. The lowest BCUT2D eigenvalue weighted by atomic mass is 9.98. The van der Waals surface area contributed by atoms with Crippen molar-refractivity contribution in [2.45, 2.75) is 18.3 Å². The van der Waals surface area contributed by atoms with E-state index in [1.54, 1.807) is 0 Å². The van der Waals surface area contributed by atoms with Crippen molar-refractivity contribution < 1.29 is 31.1 Å². The summed E-state index contributed by atoms with van der Waals surface area (Å²) in [6.45, 7) is 0. The second kappa shape index (κ2) is 6.02. The summed E-state index contributed by atoms with van der Waals surface area (Å²) in [5.74, 6) is -3.46. The monoisotopic (exact) mass is 335 g/mol. The van der Waals surface area contributed by atoms with Crippen LogP contribution in [0.15, 0.2) is 48.5 Å². The highest BCUT2D eigenvalue weighted by molar-refractivity contribution is 5.43. The van der Waals surface area contributed by atoms with Crippen LogP contribution in [0.1, 0.15) is 11.5 Å². The fraction of sp³-hybridized carbons (Fsp3) is 0.200. The molecule has 0 saturated carbocycles. The molecule has 2 aromatic carbocycles. The lowest BCUT2D eigenvalue weighted by molar-refractivity contribution is -0.253. The average molecular weight is 335 g/mol. The molecule has 0 fully saturated rings. The summed E-state index contributed by atoms with van der Waals surface area (Å²) >= 11 is 0. The van der Waals surface area contributed by atoms with Crippen LogP contribution in [0.2, 0.25) is 0 Å². The van der Waals surface area contributed by atoms with Crippen molar-refractivity contribution in [3.8, 4) is 11.5 Å². The highest BCUT2D eigenvalue weighted by Gasteiger charge is 2.57. The number of benzene rings is 2. The van der Waals surface area contributed by atoms with Crippen LogP contribution in [-0.2, 0) is 0 Å². The van der Waals surface area contributed by atoms with Gasteiger partial charge in [0.25, 0.3) is 0 Å². The van der Waals surface area contributed by atoms with Crippen molar-refractivity contribution >= 4 is 5.69 Å². The zero-order valence-electron chi connectivity index (χ0n) is 11.4. The van der Waals surface area contributed by atoms with Gasteiger partial charge >= 0.3 is 12.4 Å². The zero-order chi connectivity index (χ0) is 17.3. The van der Waals surface area contributed by atoms with Gasteiger partial charge in [0.15, 0.2) is 5.92 Å². The van der Waals surface area contributed by atoms with E-state index >= 15 is 0 Å². The molecule has 2 N–H and O–H groups in total. The normalized spacial score (nSPS) is 12.5. The summed E-state index contributed by atoms with van der Waals surface area (Å²) in [6, 6.07) is 9.72. The third-order valence-corrected chi connectivity index (χ3v) is 2.96. The van der Waals surface area contributed by atoms with E-state index in [0.717, 1.165) is 18.2 Å². The standard InChI is InChI=1S/C15H11F6NO/c16-14(17,18)13(15(19,20)21)9-2-1-3-12(8-9)23-11-6-4-10(22)5-7-11/h1-8,13H,22H2. The number of nitrogen functional groups attached to an aromatic ring is 1. The van der Waals surface area contributed by atoms with E-state index in [4.69, 9.17) is 10.5 Å². The van der Waals surface area contributed by atoms with Gasteiger partial charge in [0.2, 0.25) is 0 Å².